The van der Waals surface area contributed by atoms with E-state index in [2.05, 4.69) is 49.3 Å². The van der Waals surface area contributed by atoms with Gasteiger partial charge in [-0.25, -0.2) is 4.98 Å². The first-order chi connectivity index (χ1) is 13.5. The van der Waals surface area contributed by atoms with Crippen LogP contribution in [0, 0.1) is 70.6 Å². The number of carbonyl (C=O) groups excluding carboxylic acids is 1. The maximum absolute atomic E-state index is 10.4. The average Bonchev–Trinajstić information content (AvgIpc) is 2.64. The topological polar surface area (TPSA) is 65.8 Å². The van der Waals surface area contributed by atoms with Gasteiger partial charge in [0, 0.05) is 30.4 Å². The van der Waals surface area contributed by atoms with E-state index >= 15 is 0 Å². The molecule has 0 aliphatic rings. The normalized spacial score (nSPS) is 9.06. The maximum Gasteiger partial charge on any atom is 2.00 e. The van der Waals surface area contributed by atoms with Crippen LogP contribution in [0.3, 0.4) is 0 Å². The number of halogens is 1. The first-order valence-corrected chi connectivity index (χ1v) is 10.2. The molecule has 0 spiro atoms. The van der Waals surface area contributed by atoms with Crippen LogP contribution in [0.15, 0.2) is 30.5 Å². The summed E-state index contributed by atoms with van der Waals surface area (Å²) in [4.78, 5) is 14.3. The summed E-state index contributed by atoms with van der Waals surface area (Å²) in [6.45, 7) is 15.7. The fourth-order valence-electron chi connectivity index (χ4n) is 2.47. The number of amides is 1. The molecule has 2 rings (SSSR count). The van der Waals surface area contributed by atoms with Crippen LogP contribution >= 0.6 is 11.6 Å². The summed E-state index contributed by atoms with van der Waals surface area (Å²) in [6.07, 6.45) is 3.98. The second-order valence-corrected chi connectivity index (χ2v) is 7.63. The molecule has 2 aromatic rings. The van der Waals surface area contributed by atoms with Gasteiger partial charge in [-0.2, -0.15) is 18.6 Å². The van der Waals surface area contributed by atoms with Crippen molar-refractivity contribution < 1.29 is 35.9 Å². The van der Waals surface area contributed by atoms with Crippen LogP contribution < -0.4 is 5.32 Å². The standard InChI is InChI=1S/C11H15.C8H9ClN2.C5H11NO.CH3.U/c1-4-5-11-7-6-9(2)8-10(11)3;1-5-3-8(9)11-4-7(5)6(2)10;1-4(2)5(7)6-3;;/h6-8H,3-5H2,1-2H3;3-4,10H,1-2H3;4H,1-3H3,(H,6,7);1H3;/q-1;;;-1;+2. The molecule has 6 heteroatoms. The zero-order valence-corrected chi connectivity index (χ0v) is 25.2. The molecule has 0 saturated heterocycles. The van der Waals surface area contributed by atoms with Gasteiger partial charge in [0.25, 0.3) is 0 Å². The van der Waals surface area contributed by atoms with E-state index in [9.17, 15) is 4.79 Å². The second kappa shape index (κ2) is 18.3. The van der Waals surface area contributed by atoms with E-state index in [1.807, 2.05) is 20.8 Å². The number of aromatic nitrogens is 1. The van der Waals surface area contributed by atoms with E-state index in [1.54, 1.807) is 26.2 Å². The zero-order valence-electron chi connectivity index (χ0n) is 20.3. The van der Waals surface area contributed by atoms with E-state index in [1.165, 1.54) is 23.1 Å². The monoisotopic (exact) mass is 669 g/mol. The van der Waals surface area contributed by atoms with Gasteiger partial charge in [-0.1, -0.05) is 58.2 Å². The molecule has 1 amide bonds. The van der Waals surface area contributed by atoms with Gasteiger partial charge in [0.2, 0.25) is 5.91 Å². The third-order valence-electron chi connectivity index (χ3n) is 4.13. The number of rotatable bonds is 4. The molecule has 170 valence electrons. The third kappa shape index (κ3) is 14.4. The number of hydrogen-bond acceptors (Lipinski definition) is 3. The van der Waals surface area contributed by atoms with Crippen LogP contribution in [0.1, 0.15) is 61.9 Å². The van der Waals surface area contributed by atoms with Crippen LogP contribution in [0.2, 0.25) is 5.15 Å². The van der Waals surface area contributed by atoms with Crippen molar-refractivity contribution in [2.24, 2.45) is 5.92 Å². The number of nitrogens with one attached hydrogen (secondary N) is 2. The van der Waals surface area contributed by atoms with Crippen molar-refractivity contribution in [3.05, 3.63) is 77.8 Å². The summed E-state index contributed by atoms with van der Waals surface area (Å²) in [5.74, 6) is 0.213. The Morgan fingerprint density at radius 3 is 2.19 bits per heavy atom. The predicted octanol–water partition coefficient (Wildman–Crippen LogP) is 6.40. The molecule has 31 heavy (non-hydrogen) atoms. The van der Waals surface area contributed by atoms with E-state index in [4.69, 9.17) is 17.0 Å². The summed E-state index contributed by atoms with van der Waals surface area (Å²) >= 11 is 5.64. The van der Waals surface area contributed by atoms with Gasteiger partial charge in [0.15, 0.2) is 0 Å². The molecule has 4 nitrogen and oxygen atoms in total. The molecule has 0 saturated carbocycles. The van der Waals surface area contributed by atoms with Gasteiger partial charge in [-0.05, 0) is 25.5 Å². The number of hydrogen-bond donors (Lipinski definition) is 2. The van der Waals surface area contributed by atoms with Crippen LogP contribution in [0.4, 0.5) is 0 Å². The van der Waals surface area contributed by atoms with Crippen LogP contribution in [-0.2, 0) is 11.2 Å². The minimum atomic E-state index is 0. The number of nitrogens with zero attached hydrogens (tertiary/aromatic N) is 1. The summed E-state index contributed by atoms with van der Waals surface area (Å²) < 4.78 is 0. The molecule has 0 atom stereocenters. The predicted molar refractivity (Wildman–Crippen MR) is 131 cm³/mol. The van der Waals surface area contributed by atoms with Gasteiger partial charge in [0.05, 0.1) is 0 Å². The molecule has 0 fully saturated rings. The van der Waals surface area contributed by atoms with Crippen molar-refractivity contribution in [3.63, 3.8) is 0 Å². The fourth-order valence-corrected chi connectivity index (χ4v) is 2.68. The van der Waals surface area contributed by atoms with Crippen molar-refractivity contribution in [2.75, 3.05) is 7.05 Å². The van der Waals surface area contributed by atoms with Gasteiger partial charge >= 0.3 is 31.1 Å². The Bertz CT molecular complexity index is 807. The smallest absolute Gasteiger partial charge is 0.359 e. The fraction of sp³-hybridized carbons (Fsp3) is 0.400. The first kappa shape index (κ1) is 34.3. The Morgan fingerprint density at radius 1 is 1.26 bits per heavy atom. The molecule has 0 unspecified atom stereocenters. The maximum atomic E-state index is 10.4. The van der Waals surface area contributed by atoms with Crippen LogP contribution in [-0.4, -0.2) is 23.7 Å². The summed E-state index contributed by atoms with van der Waals surface area (Å²) in [7, 11) is 1.64. The van der Waals surface area contributed by atoms with E-state index < -0.39 is 0 Å². The summed E-state index contributed by atoms with van der Waals surface area (Å²) in [5.41, 5.74) is 6.25. The van der Waals surface area contributed by atoms with E-state index in [0.717, 1.165) is 17.5 Å². The zero-order chi connectivity index (χ0) is 22.6. The molecule has 0 aliphatic carbocycles. The van der Waals surface area contributed by atoms with Gasteiger partial charge in [0.1, 0.15) is 5.15 Å². The largest absolute Gasteiger partial charge is 2.00 e. The first-order valence-electron chi connectivity index (χ1n) is 9.84. The summed E-state index contributed by atoms with van der Waals surface area (Å²) in [6, 6.07) is 8.24. The van der Waals surface area contributed by atoms with E-state index in [-0.39, 0.29) is 50.4 Å². The minimum Gasteiger partial charge on any atom is -0.359 e. The Morgan fingerprint density at radius 2 is 1.84 bits per heavy atom. The molecular formula is C25H38ClN3OU. The van der Waals surface area contributed by atoms with Gasteiger partial charge < -0.3 is 18.2 Å². The van der Waals surface area contributed by atoms with Gasteiger partial charge in [-0.3, -0.25) is 4.79 Å². The Balaban J connectivity index is -0.000000378. The number of carbonyl (C=O) groups is 1. The molecule has 1 aromatic heterocycles. The van der Waals surface area contributed by atoms with E-state index in [0.29, 0.717) is 10.9 Å². The number of benzene rings is 1. The minimum absolute atomic E-state index is 0. The molecule has 0 radical (unpaired) electrons. The molecular weight excluding hydrogens is 632 g/mol. The third-order valence-corrected chi connectivity index (χ3v) is 4.34. The molecule has 0 bridgehead atoms. The summed E-state index contributed by atoms with van der Waals surface area (Å²) in [5, 5.41) is 10.4. The Hall–Kier alpha value is -1.28. The van der Waals surface area contributed by atoms with Crippen molar-refractivity contribution in [1.82, 2.24) is 10.3 Å². The average molecular weight is 670 g/mol. The number of aryl methyl sites for hydroxylation is 3. The second-order valence-electron chi connectivity index (χ2n) is 7.24. The number of pyridine rings is 1. The Labute approximate surface area is 218 Å². The molecule has 2 N–H and O–H groups in total. The van der Waals surface area contributed by atoms with Crippen LogP contribution in [0.5, 0.6) is 0 Å². The van der Waals surface area contributed by atoms with Crippen molar-refractivity contribution >= 4 is 23.2 Å². The van der Waals surface area contributed by atoms with Crippen molar-refractivity contribution in [3.8, 4) is 0 Å². The van der Waals surface area contributed by atoms with Crippen molar-refractivity contribution in [1.29, 1.82) is 5.41 Å². The molecule has 0 aliphatic heterocycles. The molecule has 1 heterocycles. The SMILES string of the molecule is CC(=N)c1cnc(Cl)cc1C.CNC(=O)C(C)C.[CH2-]c1cc(C)ccc1CCC.[CH3-].[U+2]. The van der Waals surface area contributed by atoms with Crippen LogP contribution in [0.25, 0.3) is 0 Å². The quantitative estimate of drug-likeness (QED) is 0.225. The molecule has 1 aromatic carbocycles. The van der Waals surface area contributed by atoms with Crippen molar-refractivity contribution in [2.45, 2.75) is 54.4 Å². The van der Waals surface area contributed by atoms with Gasteiger partial charge in [-0.15, -0.1) is 17.2 Å². The Kier molecular flexibility index (Phi) is 20.3.